The van der Waals surface area contributed by atoms with Gasteiger partial charge in [0.15, 0.2) is 0 Å². The molecule has 0 bridgehead atoms. The molecule has 0 radical (unpaired) electrons. The van der Waals surface area contributed by atoms with Crippen LogP contribution >= 0.6 is 81.2 Å². The normalized spacial score (nSPS) is 16.9. The van der Waals surface area contributed by atoms with Gasteiger partial charge in [-0.2, -0.15) is 0 Å². The Balaban J connectivity index is 4.87. The molecule has 0 rings (SSSR count). The van der Waals surface area contributed by atoms with E-state index in [2.05, 4.69) is 0 Å². The summed E-state index contributed by atoms with van der Waals surface area (Å²) in [4.78, 5) is 0. The topological polar surface area (TPSA) is 0 Å². The van der Waals surface area contributed by atoms with E-state index in [4.69, 9.17) is 81.2 Å². The van der Waals surface area contributed by atoms with Gasteiger partial charge in [0.05, 0.1) is 0 Å². The van der Waals surface area contributed by atoms with Gasteiger partial charge in [0.2, 0.25) is 0 Å². The molecule has 0 fully saturated rings. The zero-order chi connectivity index (χ0) is 15.5. The molecule has 0 aromatic heterocycles. The number of halogens is 9. The SMILES string of the molecule is Cl/C=C(Cl)/C(Cl)=C\C(=C\Cl)C(=C/Cl)\C[I-][C@H](Cl)[I-]CCl. The summed E-state index contributed by atoms with van der Waals surface area (Å²) in [7, 11) is 0. The summed E-state index contributed by atoms with van der Waals surface area (Å²) in [6, 6.07) is 0. The van der Waals surface area contributed by atoms with Crippen LogP contribution in [0.5, 0.6) is 0 Å². The van der Waals surface area contributed by atoms with Gasteiger partial charge in [0.25, 0.3) is 0 Å². The Morgan fingerprint density at radius 1 is 0.950 bits per heavy atom. The van der Waals surface area contributed by atoms with Crippen molar-refractivity contribution in [2.24, 2.45) is 0 Å². The molecular weight excluding hydrogens is 634 g/mol. The molecule has 9 heteroatoms. The van der Waals surface area contributed by atoms with Crippen LogP contribution in [0, 0.1) is 0 Å². The first-order valence-corrected chi connectivity index (χ1v) is 13.4. The molecular formula is C11H9Cl7I2-2. The Morgan fingerprint density at radius 3 is 2.05 bits per heavy atom. The van der Waals surface area contributed by atoms with Crippen molar-refractivity contribution >= 4 is 81.2 Å². The third-order valence-corrected chi connectivity index (χ3v) is 13.0. The molecule has 0 aliphatic carbocycles. The molecule has 0 heterocycles. The fourth-order valence-corrected chi connectivity index (χ4v) is 11.0. The number of alkyl halides is 6. The van der Waals surface area contributed by atoms with E-state index in [0.29, 0.717) is 14.5 Å². The van der Waals surface area contributed by atoms with Crippen LogP contribution in [0.3, 0.4) is 0 Å². The van der Waals surface area contributed by atoms with Gasteiger partial charge < -0.3 is 0 Å². The Hall–Kier alpha value is 2.45. The van der Waals surface area contributed by atoms with Crippen molar-refractivity contribution in [2.75, 3.05) is 8.31 Å². The molecule has 1 atom stereocenters. The van der Waals surface area contributed by atoms with Gasteiger partial charge in [0, 0.05) is 0 Å². The van der Waals surface area contributed by atoms with Crippen LogP contribution in [0.15, 0.2) is 43.9 Å². The number of allylic oxidation sites excluding steroid dienone is 5. The minimum atomic E-state index is -0.244. The summed E-state index contributed by atoms with van der Waals surface area (Å²) >= 11 is 40.5. The number of rotatable bonds is 8. The van der Waals surface area contributed by atoms with E-state index in [1.807, 2.05) is 0 Å². The predicted octanol–water partition coefficient (Wildman–Crippen LogP) is 0.570. The molecule has 20 heavy (non-hydrogen) atoms. The summed E-state index contributed by atoms with van der Waals surface area (Å²) in [6.07, 6.45) is 1.62. The van der Waals surface area contributed by atoms with E-state index in [9.17, 15) is 0 Å². The van der Waals surface area contributed by atoms with Gasteiger partial charge in [-0.25, -0.2) is 0 Å². The first-order chi connectivity index (χ1) is 9.49. The zero-order valence-electron chi connectivity index (χ0n) is 9.70. The molecule has 0 aromatic carbocycles. The van der Waals surface area contributed by atoms with Gasteiger partial charge in [0.1, 0.15) is 0 Å². The molecule has 0 spiro atoms. The summed E-state index contributed by atoms with van der Waals surface area (Å²) in [5, 5.41) is 0.523. The maximum atomic E-state index is 6.21. The van der Waals surface area contributed by atoms with E-state index in [1.165, 1.54) is 16.6 Å². The fraction of sp³-hybridized carbons (Fsp3) is 0.273. The Kier molecular flexibility index (Phi) is 15.5. The van der Waals surface area contributed by atoms with Crippen molar-refractivity contribution in [3.05, 3.63) is 43.9 Å². The van der Waals surface area contributed by atoms with Crippen molar-refractivity contribution in [1.82, 2.24) is 0 Å². The molecule has 0 amide bonds. The van der Waals surface area contributed by atoms with Crippen molar-refractivity contribution in [1.29, 1.82) is 0 Å². The van der Waals surface area contributed by atoms with Gasteiger partial charge in [-0.05, 0) is 0 Å². The molecule has 0 aromatic rings. The minimum absolute atomic E-state index is 0.159. The van der Waals surface area contributed by atoms with Crippen LogP contribution < -0.4 is 42.4 Å². The van der Waals surface area contributed by atoms with Crippen LogP contribution in [0.4, 0.5) is 0 Å². The number of hydrogen-bond donors (Lipinski definition) is 0. The second kappa shape index (κ2) is 13.8. The predicted molar refractivity (Wildman–Crippen MR) is 86.8 cm³/mol. The Bertz CT molecular complexity index is 415. The molecule has 0 nitrogen and oxygen atoms in total. The standard InChI is InChI=1S/C11H9Cl7I2/c12-2-7(1-9(16)10(17)4-14)8(3-13)5-19-11(18)20-6-15/h1-4,11H,5-6H2/q-2/b7-2-,8-3-,9-1+,10-4-/t11-/m0/s1. The van der Waals surface area contributed by atoms with Gasteiger partial charge in [-0.3, -0.25) is 0 Å². The zero-order valence-corrected chi connectivity index (χ0v) is 19.3. The molecule has 0 saturated carbocycles. The van der Waals surface area contributed by atoms with Crippen LogP contribution in [-0.4, -0.2) is 9.70 Å². The van der Waals surface area contributed by atoms with E-state index in [1.54, 1.807) is 6.08 Å². The second-order valence-electron chi connectivity index (χ2n) is 2.94. The first kappa shape index (κ1) is 22.4. The van der Waals surface area contributed by atoms with Crippen LogP contribution in [0.25, 0.3) is 0 Å². The third-order valence-electron chi connectivity index (χ3n) is 1.74. The number of hydrogen-bond acceptors (Lipinski definition) is 0. The Morgan fingerprint density at radius 2 is 1.60 bits per heavy atom. The molecule has 0 saturated heterocycles. The van der Waals surface area contributed by atoms with Crippen molar-refractivity contribution in [3.63, 3.8) is 0 Å². The summed E-state index contributed by atoms with van der Waals surface area (Å²) in [6.45, 7) is 0. The van der Waals surface area contributed by atoms with E-state index >= 15 is 0 Å². The van der Waals surface area contributed by atoms with Gasteiger partial charge >= 0.3 is 177 Å². The molecule has 0 aliphatic heterocycles. The average Bonchev–Trinajstić information content (AvgIpc) is 2.45. The fourth-order valence-electron chi connectivity index (χ4n) is 0.848. The van der Waals surface area contributed by atoms with Crippen LogP contribution in [0.2, 0.25) is 0 Å². The Labute approximate surface area is 175 Å². The monoisotopic (exact) mass is 640 g/mol. The third kappa shape index (κ3) is 9.56. The van der Waals surface area contributed by atoms with Crippen molar-refractivity contribution < 1.29 is 42.4 Å². The van der Waals surface area contributed by atoms with E-state index < -0.39 is 0 Å². The average molecular weight is 643 g/mol. The summed E-state index contributed by atoms with van der Waals surface area (Å²) in [5.41, 5.74) is 5.63. The molecule has 0 N–H and O–H groups in total. The summed E-state index contributed by atoms with van der Waals surface area (Å²) < 4.78 is 1.65. The maximum absolute atomic E-state index is 6.21. The summed E-state index contributed by atoms with van der Waals surface area (Å²) in [5.74, 6) is 0. The van der Waals surface area contributed by atoms with Gasteiger partial charge in [-0.15, -0.1) is 0 Å². The second-order valence-corrected chi connectivity index (χ2v) is 15.6. The van der Waals surface area contributed by atoms with Crippen LogP contribution in [-0.2, 0) is 0 Å². The van der Waals surface area contributed by atoms with E-state index in [-0.39, 0.29) is 48.8 Å². The van der Waals surface area contributed by atoms with Crippen LogP contribution in [0.1, 0.15) is 0 Å². The van der Waals surface area contributed by atoms with Crippen molar-refractivity contribution in [2.45, 2.75) is 1.39 Å². The van der Waals surface area contributed by atoms with Gasteiger partial charge in [-0.1, -0.05) is 0 Å². The first-order valence-electron chi connectivity index (χ1n) is 4.79. The molecule has 0 unspecified atom stereocenters. The molecule has 0 aliphatic rings. The quantitative estimate of drug-likeness (QED) is 0.207. The van der Waals surface area contributed by atoms with Crippen molar-refractivity contribution in [3.8, 4) is 0 Å². The molecule has 118 valence electrons. The van der Waals surface area contributed by atoms with E-state index in [0.717, 1.165) is 10.0 Å².